The van der Waals surface area contributed by atoms with Gasteiger partial charge < -0.3 is 19.5 Å². The summed E-state index contributed by atoms with van der Waals surface area (Å²) in [5.74, 6) is 1.97. The molecule has 2 aromatic heterocycles. The third kappa shape index (κ3) is 10.3. The summed E-state index contributed by atoms with van der Waals surface area (Å²) in [7, 11) is 4.96. The molecule has 1 aliphatic carbocycles. The smallest absolute Gasteiger partial charge is 0.135 e. The van der Waals surface area contributed by atoms with Crippen molar-refractivity contribution in [2.75, 3.05) is 10.2 Å². The fourth-order valence-corrected chi connectivity index (χ4v) is 12.1. The number of anilines is 4. The normalized spacial score (nSPS) is 13.1. The Kier molecular flexibility index (Phi) is 14.6. The number of pyridine rings is 1. The molecule has 0 bridgehead atoms. The van der Waals surface area contributed by atoms with E-state index in [2.05, 4.69) is 292 Å². The first-order valence-electron chi connectivity index (χ1n) is 28.8. The molecule has 12 rings (SSSR count). The Morgan fingerprint density at radius 2 is 1.05 bits per heavy atom. The fourth-order valence-electron chi connectivity index (χ4n) is 12.1. The van der Waals surface area contributed by atoms with E-state index in [4.69, 9.17) is 16.8 Å². The second-order valence-corrected chi connectivity index (χ2v) is 26.4. The van der Waals surface area contributed by atoms with Crippen molar-refractivity contribution in [3.63, 3.8) is 0 Å². The summed E-state index contributed by atoms with van der Waals surface area (Å²) >= 11 is 0. The van der Waals surface area contributed by atoms with E-state index in [1.165, 1.54) is 49.9 Å². The van der Waals surface area contributed by atoms with Crippen molar-refractivity contribution in [2.24, 2.45) is 0 Å². The van der Waals surface area contributed by atoms with Gasteiger partial charge in [0.15, 0.2) is 0 Å². The molecule has 11 aromatic rings. The quantitative estimate of drug-likeness (QED) is 0.131. The number of hydrogen-bond donors (Lipinski definition) is 1. The summed E-state index contributed by atoms with van der Waals surface area (Å²) in [6.07, 6.45) is 1.93. The van der Waals surface area contributed by atoms with Gasteiger partial charge in [-0.15, -0.1) is 35.9 Å². The van der Waals surface area contributed by atoms with Gasteiger partial charge in [0.05, 0.1) is 5.69 Å². The summed E-state index contributed by atoms with van der Waals surface area (Å²) in [4.78, 5) is 7.19. The molecule has 0 atom stereocenters. The summed E-state index contributed by atoms with van der Waals surface area (Å²) in [6, 6.07) is 79.7. The molecule has 0 fully saturated rings. The van der Waals surface area contributed by atoms with Crippen LogP contribution in [-0.4, -0.2) is 9.55 Å². The zero-order chi connectivity index (χ0) is 57.5. The van der Waals surface area contributed by atoms with Crippen molar-refractivity contribution < 1.29 is 25.8 Å². The van der Waals surface area contributed by atoms with Crippen LogP contribution in [0.2, 0.25) is 0 Å². The fraction of sp³-hybridized carbons (Fsp3) is 0.221. The van der Waals surface area contributed by atoms with Gasteiger partial charge in [-0.3, -0.25) is 7.05 Å². The number of benzene rings is 9. The predicted molar refractivity (Wildman–Crippen MR) is 344 cm³/mol. The maximum atomic E-state index is 7.10. The van der Waals surface area contributed by atoms with E-state index in [0.29, 0.717) is 11.5 Å². The van der Waals surface area contributed by atoms with Crippen molar-refractivity contribution in [3.8, 4) is 39.6 Å². The molecule has 83 heavy (non-hydrogen) atoms. The Hall–Kier alpha value is -7.98. The van der Waals surface area contributed by atoms with Gasteiger partial charge in [-0.25, -0.2) is 4.98 Å². The minimum atomic E-state index is -0.646. The SMILES string of the molecule is [CH2-]N(c1ccccc1Nc1[c-]c(Oc2[c-]c3c4c(c2)C(c2ccccc2)(c2ccccc2)c2cccc(c24)n3-c2cc(C(C)(C)C)ccn2)ccc1)c1c(-c2ccccc2)cc(C(C)(C)C)cc1-c1cc(C(C)(C)C)cc(C(C)(C)C)c1.[Pt]. The number of ether oxygens (including phenoxy) is 1. The molecule has 1 N–H and O–H groups in total. The largest absolute Gasteiger partial charge is 0.509 e. The first kappa shape index (κ1) is 56.9. The Morgan fingerprint density at radius 1 is 0.494 bits per heavy atom. The van der Waals surface area contributed by atoms with Gasteiger partial charge in [-0.05, 0) is 120 Å². The van der Waals surface area contributed by atoms with Gasteiger partial charge in [-0.2, -0.15) is 6.07 Å². The van der Waals surface area contributed by atoms with E-state index in [0.717, 1.165) is 67.2 Å². The molecule has 0 unspecified atom stereocenters. The monoisotopic (exact) mass is 1260 g/mol. The van der Waals surface area contributed by atoms with Crippen LogP contribution in [0.5, 0.6) is 11.5 Å². The minimum absolute atomic E-state index is 0. The zero-order valence-electron chi connectivity index (χ0n) is 49.9. The number of nitrogens with zero attached hydrogens (tertiary/aromatic N) is 3. The molecular weight excluding hydrogens is 1190 g/mol. The second kappa shape index (κ2) is 21.3. The first-order valence-corrected chi connectivity index (χ1v) is 28.8. The van der Waals surface area contributed by atoms with Crippen LogP contribution >= 0.6 is 0 Å². The van der Waals surface area contributed by atoms with Gasteiger partial charge in [-0.1, -0.05) is 233 Å². The molecule has 0 spiro atoms. The van der Waals surface area contributed by atoms with E-state index >= 15 is 0 Å². The van der Waals surface area contributed by atoms with Crippen LogP contribution in [0.3, 0.4) is 0 Å². The van der Waals surface area contributed by atoms with Crippen molar-refractivity contribution in [3.05, 3.63) is 270 Å². The van der Waals surface area contributed by atoms with Crippen LogP contribution in [0.1, 0.15) is 128 Å². The van der Waals surface area contributed by atoms with Crippen LogP contribution in [0, 0.1) is 19.2 Å². The minimum Gasteiger partial charge on any atom is -0.509 e. The van der Waals surface area contributed by atoms with E-state index < -0.39 is 5.41 Å². The molecule has 0 amide bonds. The Balaban J connectivity index is 0.00000721. The number of hydrogen-bond acceptors (Lipinski definition) is 4. The van der Waals surface area contributed by atoms with Gasteiger partial charge in [0.2, 0.25) is 0 Å². The van der Waals surface area contributed by atoms with E-state index in [9.17, 15) is 0 Å². The standard InChI is InChI=1S/C77H73N4O.Pt/c1-73(2,3)54-39-40-78-69(46-54)81-67-38-26-35-63-70(67)71-64(77(63,52-29-19-15-20-30-52)53-31-21-16-22-32-53)48-60(49-68(71)81)82-59-34-25-33-58(47-59)79-65-36-23-24-37-66(65)80(13)72-61(50-27-17-14-18-28-50)44-57(76(10,11)12)45-62(72)51-41-55(74(4,5)6)43-56(42-51)75(7,8)9;/h14-46,48,79H,13H2,1-12H3;/q-3;. The van der Waals surface area contributed by atoms with Gasteiger partial charge in [0, 0.05) is 72.2 Å². The Bertz CT molecular complexity index is 4140. The molecule has 2 heterocycles. The Morgan fingerprint density at radius 3 is 1.66 bits per heavy atom. The number of rotatable bonds is 11. The van der Waals surface area contributed by atoms with Crippen molar-refractivity contribution in [1.29, 1.82) is 0 Å². The van der Waals surface area contributed by atoms with Crippen LogP contribution in [0.4, 0.5) is 22.7 Å². The molecule has 420 valence electrons. The first-order chi connectivity index (χ1) is 39.1. The number of aromatic nitrogens is 2. The molecule has 0 aliphatic heterocycles. The summed E-state index contributed by atoms with van der Waals surface area (Å²) < 4.78 is 9.37. The third-order valence-electron chi connectivity index (χ3n) is 16.6. The van der Waals surface area contributed by atoms with Gasteiger partial charge in [0.1, 0.15) is 5.82 Å². The van der Waals surface area contributed by atoms with Crippen LogP contribution in [-0.2, 0) is 48.1 Å². The van der Waals surface area contributed by atoms with E-state index in [1.807, 2.05) is 24.4 Å². The van der Waals surface area contributed by atoms with Crippen LogP contribution in [0.15, 0.2) is 206 Å². The molecule has 0 saturated heterocycles. The predicted octanol–water partition coefficient (Wildman–Crippen LogP) is 20.5. The third-order valence-corrected chi connectivity index (χ3v) is 16.6. The molecular formula is C77H73N4OPt-3. The van der Waals surface area contributed by atoms with Gasteiger partial charge >= 0.3 is 0 Å². The summed E-state index contributed by atoms with van der Waals surface area (Å²) in [5, 5.41) is 6.14. The average Bonchev–Trinajstić information content (AvgIpc) is 1.65. The second-order valence-electron chi connectivity index (χ2n) is 26.4. The maximum absolute atomic E-state index is 7.10. The summed E-state index contributed by atoms with van der Waals surface area (Å²) in [5.41, 5.74) is 18.8. The molecule has 1 aliphatic rings. The van der Waals surface area contributed by atoms with Crippen LogP contribution < -0.4 is 15.0 Å². The molecule has 0 radical (unpaired) electrons. The van der Waals surface area contributed by atoms with Gasteiger partial charge in [0.25, 0.3) is 0 Å². The van der Waals surface area contributed by atoms with Crippen LogP contribution in [0.25, 0.3) is 49.9 Å². The van der Waals surface area contributed by atoms with Crippen molar-refractivity contribution >= 4 is 44.6 Å². The molecule has 9 aromatic carbocycles. The molecule has 6 heteroatoms. The van der Waals surface area contributed by atoms with Crippen molar-refractivity contribution in [1.82, 2.24) is 9.55 Å². The maximum Gasteiger partial charge on any atom is 0.135 e. The molecule has 0 saturated carbocycles. The van der Waals surface area contributed by atoms with Crippen molar-refractivity contribution in [2.45, 2.75) is 110 Å². The average molecular weight is 1270 g/mol. The number of para-hydroxylation sites is 2. The topological polar surface area (TPSA) is 42.3 Å². The zero-order valence-corrected chi connectivity index (χ0v) is 52.2. The Labute approximate surface area is 506 Å². The summed E-state index contributed by atoms with van der Waals surface area (Å²) in [6.45, 7) is 27.5. The van der Waals surface area contributed by atoms with E-state index in [1.54, 1.807) is 0 Å². The van der Waals surface area contributed by atoms with E-state index in [-0.39, 0.29) is 42.7 Å². The number of nitrogens with one attached hydrogen (secondary N) is 1. The molecule has 5 nitrogen and oxygen atoms in total.